The summed E-state index contributed by atoms with van der Waals surface area (Å²) in [5, 5.41) is 11.0. The molecule has 1 atom stereocenters. The Labute approximate surface area is 212 Å². The van der Waals surface area contributed by atoms with E-state index in [1.54, 1.807) is 19.4 Å². The lowest BCUT2D eigenvalue weighted by Gasteiger charge is -2.32. The van der Waals surface area contributed by atoms with Crippen molar-refractivity contribution in [3.63, 3.8) is 0 Å². The van der Waals surface area contributed by atoms with E-state index in [1.165, 1.54) is 6.20 Å². The summed E-state index contributed by atoms with van der Waals surface area (Å²) in [4.78, 5) is 8.47. The van der Waals surface area contributed by atoms with Crippen LogP contribution in [0, 0.1) is 11.9 Å². The number of aromatic nitrogens is 2. The first-order valence-electron chi connectivity index (χ1n) is 12.7. The molecule has 1 aliphatic carbocycles. The van der Waals surface area contributed by atoms with Crippen LogP contribution in [0.5, 0.6) is 0 Å². The van der Waals surface area contributed by atoms with Gasteiger partial charge in [-0.25, -0.2) is 9.97 Å². The van der Waals surface area contributed by atoms with Crippen molar-refractivity contribution < 1.29 is 13.9 Å². The maximum atomic E-state index is 14.4. The van der Waals surface area contributed by atoms with E-state index in [4.69, 9.17) is 21.1 Å². The summed E-state index contributed by atoms with van der Waals surface area (Å²) >= 11 is 6.49. The molecule has 2 fully saturated rings. The second kappa shape index (κ2) is 12.8. The number of hydrogen-bond acceptors (Lipinski definition) is 7. The van der Waals surface area contributed by atoms with E-state index in [9.17, 15) is 4.39 Å². The van der Waals surface area contributed by atoms with Gasteiger partial charge in [0.25, 0.3) is 0 Å². The van der Waals surface area contributed by atoms with E-state index in [2.05, 4.69) is 32.8 Å². The quantitative estimate of drug-likeness (QED) is 0.386. The van der Waals surface area contributed by atoms with Crippen LogP contribution in [-0.4, -0.2) is 61.6 Å². The van der Waals surface area contributed by atoms with Gasteiger partial charge in [-0.3, -0.25) is 0 Å². The third kappa shape index (κ3) is 7.49. The summed E-state index contributed by atoms with van der Waals surface area (Å²) in [6.45, 7) is 5.11. The fraction of sp³-hybridized carbons (Fsp3) is 0.615. The minimum Gasteiger partial charge on any atom is -0.383 e. The van der Waals surface area contributed by atoms with E-state index >= 15 is 0 Å². The maximum Gasteiger partial charge on any atom is 0.236 e. The standard InChI is InChI=1S/C26H37ClFN5O2/c1-17(16-34-2)32-20-3-5-21(6-4-20)33-25-12-22(23(27)15-30-25)19-11-24(26(28)31-14-19)29-13-18-7-9-35-10-8-18/h11-12,14-15,17-18,20-21,29,32H,3-10,13,16H2,1-2H3,(H,30,33)/t17-,20?,21?/m0/s1. The summed E-state index contributed by atoms with van der Waals surface area (Å²) in [6, 6.07) is 4.95. The zero-order chi connectivity index (χ0) is 24.6. The van der Waals surface area contributed by atoms with Crippen molar-refractivity contribution in [2.45, 2.75) is 63.6 Å². The Morgan fingerprint density at radius 3 is 2.57 bits per heavy atom. The number of nitrogens with zero attached hydrogens (tertiary/aromatic N) is 2. The number of pyridine rings is 2. The molecule has 0 radical (unpaired) electrons. The highest BCUT2D eigenvalue weighted by Gasteiger charge is 2.23. The van der Waals surface area contributed by atoms with Crippen LogP contribution < -0.4 is 16.0 Å². The van der Waals surface area contributed by atoms with Crippen molar-refractivity contribution in [3.05, 3.63) is 35.5 Å². The SMILES string of the molecule is COC[C@H](C)NC1CCC(Nc2cc(-c3cnc(F)c(NCC4CCOCC4)c3)c(Cl)cn2)CC1. The summed E-state index contributed by atoms with van der Waals surface area (Å²) in [5.41, 5.74) is 1.94. The highest BCUT2D eigenvalue weighted by molar-refractivity contribution is 6.33. The molecule has 0 aromatic carbocycles. The van der Waals surface area contributed by atoms with Crippen LogP contribution in [0.4, 0.5) is 15.9 Å². The number of ether oxygens (including phenoxy) is 2. The molecular formula is C26H37ClFN5O2. The average molecular weight is 506 g/mol. The number of methoxy groups -OCH3 is 1. The normalized spacial score (nSPS) is 22.1. The third-order valence-corrected chi connectivity index (χ3v) is 7.24. The van der Waals surface area contributed by atoms with Gasteiger partial charge in [0.1, 0.15) is 5.82 Å². The van der Waals surface area contributed by atoms with Gasteiger partial charge in [-0.2, -0.15) is 4.39 Å². The molecule has 35 heavy (non-hydrogen) atoms. The molecule has 2 aromatic rings. The highest BCUT2D eigenvalue weighted by Crippen LogP contribution is 2.32. The van der Waals surface area contributed by atoms with E-state index in [-0.39, 0.29) is 0 Å². The zero-order valence-electron chi connectivity index (χ0n) is 20.7. The number of hydrogen-bond donors (Lipinski definition) is 3. The number of nitrogens with one attached hydrogen (secondary N) is 3. The molecule has 2 aromatic heterocycles. The fourth-order valence-electron chi connectivity index (χ4n) is 4.98. The lowest BCUT2D eigenvalue weighted by atomic mass is 9.90. The Kier molecular flexibility index (Phi) is 9.54. The van der Waals surface area contributed by atoms with Crippen LogP contribution in [0.15, 0.2) is 24.5 Å². The van der Waals surface area contributed by atoms with Gasteiger partial charge in [-0.1, -0.05) is 11.6 Å². The minimum atomic E-state index is -0.505. The predicted octanol–water partition coefficient (Wildman–Crippen LogP) is 5.12. The Bertz CT molecular complexity index is 951. The van der Waals surface area contributed by atoms with Gasteiger partial charge in [0.15, 0.2) is 0 Å². The van der Waals surface area contributed by atoms with E-state index in [1.807, 2.05) is 6.07 Å². The molecule has 2 aliphatic rings. The lowest BCUT2D eigenvalue weighted by Crippen LogP contribution is -2.42. The molecule has 0 amide bonds. The Morgan fingerprint density at radius 2 is 1.83 bits per heavy atom. The molecule has 9 heteroatoms. The number of halogens is 2. The van der Waals surface area contributed by atoms with Crippen LogP contribution in [-0.2, 0) is 9.47 Å². The molecule has 192 valence electrons. The summed E-state index contributed by atoms with van der Waals surface area (Å²) in [7, 11) is 1.74. The first-order chi connectivity index (χ1) is 17.0. The van der Waals surface area contributed by atoms with Crippen molar-refractivity contribution in [1.82, 2.24) is 15.3 Å². The third-order valence-electron chi connectivity index (χ3n) is 6.94. The predicted molar refractivity (Wildman–Crippen MR) is 139 cm³/mol. The Balaban J connectivity index is 1.37. The van der Waals surface area contributed by atoms with Crippen LogP contribution in [0.25, 0.3) is 11.1 Å². The van der Waals surface area contributed by atoms with Crippen LogP contribution >= 0.6 is 11.6 Å². The molecule has 1 saturated carbocycles. The summed E-state index contributed by atoms with van der Waals surface area (Å²) in [5.74, 6) is 0.740. The topological polar surface area (TPSA) is 80.3 Å². The van der Waals surface area contributed by atoms with Crippen molar-refractivity contribution in [1.29, 1.82) is 0 Å². The molecule has 3 N–H and O–H groups in total. The Hall–Kier alpha value is -2.00. The molecule has 0 bridgehead atoms. The van der Waals surface area contributed by atoms with Gasteiger partial charge in [0.05, 0.1) is 17.3 Å². The van der Waals surface area contributed by atoms with Crippen LogP contribution in [0.1, 0.15) is 45.4 Å². The van der Waals surface area contributed by atoms with Gasteiger partial charge in [0, 0.05) is 68.5 Å². The smallest absolute Gasteiger partial charge is 0.236 e. The second-order valence-corrected chi connectivity index (χ2v) is 10.2. The monoisotopic (exact) mass is 505 g/mol. The first-order valence-corrected chi connectivity index (χ1v) is 13.0. The average Bonchev–Trinajstić information content (AvgIpc) is 2.87. The lowest BCUT2D eigenvalue weighted by molar-refractivity contribution is 0.0699. The van der Waals surface area contributed by atoms with Crippen molar-refractivity contribution >= 4 is 23.1 Å². The number of anilines is 2. The van der Waals surface area contributed by atoms with Gasteiger partial charge < -0.3 is 25.4 Å². The maximum absolute atomic E-state index is 14.4. The molecular weight excluding hydrogens is 469 g/mol. The molecule has 1 saturated heterocycles. The molecule has 7 nitrogen and oxygen atoms in total. The number of rotatable bonds is 10. The largest absolute Gasteiger partial charge is 0.383 e. The van der Waals surface area contributed by atoms with Gasteiger partial charge in [-0.15, -0.1) is 0 Å². The molecule has 0 unspecified atom stereocenters. The van der Waals surface area contributed by atoms with Crippen molar-refractivity contribution in [2.24, 2.45) is 5.92 Å². The van der Waals surface area contributed by atoms with E-state index in [0.717, 1.165) is 75.3 Å². The molecule has 3 heterocycles. The van der Waals surface area contributed by atoms with Gasteiger partial charge in [0.2, 0.25) is 5.95 Å². The van der Waals surface area contributed by atoms with E-state index in [0.29, 0.717) is 41.3 Å². The molecule has 1 aliphatic heterocycles. The first kappa shape index (κ1) is 26.1. The fourth-order valence-corrected chi connectivity index (χ4v) is 5.19. The summed E-state index contributed by atoms with van der Waals surface area (Å²) in [6.07, 6.45) is 9.49. The van der Waals surface area contributed by atoms with E-state index < -0.39 is 5.95 Å². The van der Waals surface area contributed by atoms with Crippen molar-refractivity contribution in [2.75, 3.05) is 44.1 Å². The van der Waals surface area contributed by atoms with Crippen molar-refractivity contribution in [3.8, 4) is 11.1 Å². The Morgan fingerprint density at radius 1 is 1.09 bits per heavy atom. The minimum absolute atomic E-state index is 0.357. The summed E-state index contributed by atoms with van der Waals surface area (Å²) < 4.78 is 25.1. The molecule has 0 spiro atoms. The second-order valence-electron chi connectivity index (χ2n) is 9.76. The van der Waals surface area contributed by atoms with Gasteiger partial charge >= 0.3 is 0 Å². The molecule has 4 rings (SSSR count). The van der Waals surface area contributed by atoms with Crippen LogP contribution in [0.3, 0.4) is 0 Å². The highest BCUT2D eigenvalue weighted by atomic mass is 35.5. The zero-order valence-corrected chi connectivity index (χ0v) is 21.4. The van der Waals surface area contributed by atoms with Gasteiger partial charge in [-0.05, 0) is 63.5 Å². The van der Waals surface area contributed by atoms with Crippen LogP contribution in [0.2, 0.25) is 5.02 Å².